The molecule has 0 aliphatic heterocycles. The maximum atomic E-state index is 13.9. The average Bonchev–Trinajstić information content (AvgIpc) is 3.09. The standard InChI is InChI=1S/C17H13BrFN3O3S2/c18-13-8-4-7-12(15(13)19)9-14(23)20-16-21-17(22-26-16)27(24,25)10-11-5-2-1-3-6-11/h1-8H,9-10H2,(H,20,21,22,23). The lowest BCUT2D eigenvalue weighted by Gasteiger charge is -2.04. The van der Waals surface area contributed by atoms with Crippen molar-refractivity contribution in [1.29, 1.82) is 0 Å². The molecule has 0 saturated heterocycles. The van der Waals surface area contributed by atoms with E-state index < -0.39 is 21.6 Å². The number of hydrogen-bond acceptors (Lipinski definition) is 6. The van der Waals surface area contributed by atoms with Crippen molar-refractivity contribution in [3.63, 3.8) is 0 Å². The highest BCUT2D eigenvalue weighted by Gasteiger charge is 2.22. The normalized spacial score (nSPS) is 11.3. The number of anilines is 1. The van der Waals surface area contributed by atoms with Crippen LogP contribution in [0.1, 0.15) is 11.1 Å². The number of halogens is 2. The zero-order valence-corrected chi connectivity index (χ0v) is 16.9. The fourth-order valence-electron chi connectivity index (χ4n) is 2.27. The van der Waals surface area contributed by atoms with E-state index in [0.29, 0.717) is 5.56 Å². The van der Waals surface area contributed by atoms with E-state index in [9.17, 15) is 17.6 Å². The Morgan fingerprint density at radius 2 is 1.89 bits per heavy atom. The first-order valence-corrected chi connectivity index (χ1v) is 10.9. The molecule has 1 heterocycles. The Kier molecular flexibility index (Phi) is 5.98. The topological polar surface area (TPSA) is 89.0 Å². The van der Waals surface area contributed by atoms with Gasteiger partial charge in [-0.15, -0.1) is 0 Å². The predicted octanol–water partition coefficient (Wildman–Crippen LogP) is 3.59. The van der Waals surface area contributed by atoms with Crippen molar-refractivity contribution in [3.8, 4) is 0 Å². The monoisotopic (exact) mass is 469 g/mol. The summed E-state index contributed by atoms with van der Waals surface area (Å²) in [6.45, 7) is 0. The molecule has 3 aromatic rings. The lowest BCUT2D eigenvalue weighted by molar-refractivity contribution is -0.115. The summed E-state index contributed by atoms with van der Waals surface area (Å²) < 4.78 is 42.8. The molecule has 27 heavy (non-hydrogen) atoms. The quantitative estimate of drug-likeness (QED) is 0.595. The fourth-order valence-corrected chi connectivity index (χ4v) is 4.78. The van der Waals surface area contributed by atoms with Crippen molar-refractivity contribution < 1.29 is 17.6 Å². The fraction of sp³-hybridized carbons (Fsp3) is 0.118. The van der Waals surface area contributed by atoms with Crippen molar-refractivity contribution in [2.45, 2.75) is 17.3 Å². The minimum atomic E-state index is -3.73. The number of sulfone groups is 1. The SMILES string of the molecule is O=C(Cc1cccc(Br)c1F)Nc1nc(S(=O)(=O)Cc2ccccc2)ns1. The van der Waals surface area contributed by atoms with Crippen LogP contribution in [0.4, 0.5) is 9.52 Å². The van der Waals surface area contributed by atoms with E-state index >= 15 is 0 Å². The van der Waals surface area contributed by atoms with Crippen LogP contribution < -0.4 is 5.32 Å². The van der Waals surface area contributed by atoms with E-state index in [2.05, 4.69) is 30.6 Å². The van der Waals surface area contributed by atoms with Gasteiger partial charge >= 0.3 is 0 Å². The Hall–Kier alpha value is -2.17. The zero-order chi connectivity index (χ0) is 19.4. The maximum Gasteiger partial charge on any atom is 0.261 e. The molecule has 0 unspecified atom stereocenters. The molecule has 0 saturated carbocycles. The Morgan fingerprint density at radius 1 is 1.15 bits per heavy atom. The van der Waals surface area contributed by atoms with Gasteiger partial charge in [0.15, 0.2) is 0 Å². The van der Waals surface area contributed by atoms with Gasteiger partial charge in [0.25, 0.3) is 5.16 Å². The van der Waals surface area contributed by atoms with Gasteiger partial charge in [0.2, 0.25) is 20.9 Å². The van der Waals surface area contributed by atoms with Gasteiger partial charge in [-0.3, -0.25) is 4.79 Å². The number of amides is 1. The highest BCUT2D eigenvalue weighted by atomic mass is 79.9. The Bertz CT molecular complexity index is 1070. The van der Waals surface area contributed by atoms with Gasteiger partial charge < -0.3 is 5.32 Å². The molecule has 0 aliphatic carbocycles. The first-order chi connectivity index (χ1) is 12.8. The van der Waals surface area contributed by atoms with Crippen LogP contribution in [0.5, 0.6) is 0 Å². The van der Waals surface area contributed by atoms with Crippen LogP contribution in [-0.2, 0) is 26.8 Å². The molecule has 0 fully saturated rings. The zero-order valence-electron chi connectivity index (χ0n) is 13.7. The molecule has 0 bridgehead atoms. The molecule has 140 valence electrons. The van der Waals surface area contributed by atoms with Gasteiger partial charge in [-0.2, -0.15) is 9.36 Å². The molecule has 1 N–H and O–H groups in total. The summed E-state index contributed by atoms with van der Waals surface area (Å²) in [4.78, 5) is 16.0. The van der Waals surface area contributed by atoms with Crippen LogP contribution in [0.2, 0.25) is 0 Å². The number of hydrogen-bond donors (Lipinski definition) is 1. The third kappa shape index (κ3) is 4.96. The molecule has 1 amide bonds. The smallest absolute Gasteiger partial charge is 0.261 e. The van der Waals surface area contributed by atoms with Crippen LogP contribution in [0.25, 0.3) is 0 Å². The third-order valence-electron chi connectivity index (χ3n) is 3.51. The van der Waals surface area contributed by atoms with Crippen LogP contribution in [0.3, 0.4) is 0 Å². The summed E-state index contributed by atoms with van der Waals surface area (Å²) in [6.07, 6.45) is -0.211. The van der Waals surface area contributed by atoms with Crippen molar-refractivity contribution >= 4 is 48.3 Å². The first-order valence-electron chi connectivity index (χ1n) is 7.68. The highest BCUT2D eigenvalue weighted by molar-refractivity contribution is 9.10. The second-order valence-electron chi connectivity index (χ2n) is 5.56. The van der Waals surface area contributed by atoms with Crippen molar-refractivity contribution in [1.82, 2.24) is 9.36 Å². The van der Waals surface area contributed by atoms with Crippen molar-refractivity contribution in [3.05, 3.63) is 69.9 Å². The molecule has 3 rings (SSSR count). The minimum Gasteiger partial charge on any atom is -0.300 e. The molecule has 0 radical (unpaired) electrons. The largest absolute Gasteiger partial charge is 0.300 e. The highest BCUT2D eigenvalue weighted by Crippen LogP contribution is 2.21. The predicted molar refractivity (Wildman–Crippen MR) is 104 cm³/mol. The Morgan fingerprint density at radius 3 is 2.63 bits per heavy atom. The van der Waals surface area contributed by atoms with Gasteiger partial charge in [0.05, 0.1) is 16.6 Å². The summed E-state index contributed by atoms with van der Waals surface area (Å²) in [5.74, 6) is -1.27. The molecule has 0 aliphatic rings. The molecule has 0 spiro atoms. The Balaban J connectivity index is 1.68. The van der Waals surface area contributed by atoms with E-state index in [1.165, 1.54) is 12.1 Å². The van der Waals surface area contributed by atoms with Crippen molar-refractivity contribution in [2.24, 2.45) is 0 Å². The number of rotatable bonds is 6. The maximum absolute atomic E-state index is 13.9. The second kappa shape index (κ2) is 8.24. The third-order valence-corrected chi connectivity index (χ3v) is 6.32. The lowest BCUT2D eigenvalue weighted by Crippen LogP contribution is -2.15. The molecule has 1 aromatic heterocycles. The van der Waals surface area contributed by atoms with E-state index in [1.54, 1.807) is 36.4 Å². The van der Waals surface area contributed by atoms with Gasteiger partial charge in [-0.25, -0.2) is 12.8 Å². The minimum absolute atomic E-state index is 0.0436. The molecular formula is C17H13BrFN3O3S2. The lowest BCUT2D eigenvalue weighted by atomic mass is 10.1. The van der Waals surface area contributed by atoms with Crippen LogP contribution >= 0.6 is 27.5 Å². The van der Waals surface area contributed by atoms with Gasteiger partial charge in [-0.1, -0.05) is 42.5 Å². The summed E-state index contributed by atoms with van der Waals surface area (Å²) in [6, 6.07) is 13.3. The average molecular weight is 470 g/mol. The number of benzene rings is 2. The Labute approximate surface area is 167 Å². The summed E-state index contributed by atoms with van der Waals surface area (Å²) in [5.41, 5.74) is 0.825. The molecular weight excluding hydrogens is 457 g/mol. The molecule has 0 atom stereocenters. The van der Waals surface area contributed by atoms with Crippen LogP contribution in [0.15, 0.2) is 58.2 Å². The van der Waals surface area contributed by atoms with E-state index in [0.717, 1.165) is 11.5 Å². The van der Waals surface area contributed by atoms with Crippen LogP contribution in [-0.4, -0.2) is 23.7 Å². The number of nitrogens with zero attached hydrogens (tertiary/aromatic N) is 2. The van der Waals surface area contributed by atoms with Gasteiger partial charge in [0, 0.05) is 11.5 Å². The van der Waals surface area contributed by atoms with E-state index in [1.807, 2.05) is 0 Å². The first kappa shape index (κ1) is 19.6. The van der Waals surface area contributed by atoms with Gasteiger partial charge in [0.1, 0.15) is 5.82 Å². The molecule has 10 heteroatoms. The summed E-state index contributed by atoms with van der Waals surface area (Å²) >= 11 is 3.82. The van der Waals surface area contributed by atoms with E-state index in [4.69, 9.17) is 0 Å². The number of nitrogens with one attached hydrogen (secondary N) is 1. The number of aromatic nitrogens is 2. The van der Waals surface area contributed by atoms with Crippen molar-refractivity contribution in [2.75, 3.05) is 5.32 Å². The van der Waals surface area contributed by atoms with Gasteiger partial charge in [-0.05, 0) is 33.1 Å². The molecule has 6 nitrogen and oxygen atoms in total. The summed E-state index contributed by atoms with van der Waals surface area (Å²) in [5, 5.41) is 2.15. The van der Waals surface area contributed by atoms with Crippen LogP contribution in [0, 0.1) is 5.82 Å². The number of carbonyl (C=O) groups excluding carboxylic acids is 1. The van der Waals surface area contributed by atoms with E-state index in [-0.39, 0.29) is 32.5 Å². The molecule has 2 aromatic carbocycles. The second-order valence-corrected chi connectivity index (χ2v) is 9.05. The summed E-state index contributed by atoms with van der Waals surface area (Å²) in [7, 11) is -3.73. The number of carbonyl (C=O) groups is 1.